The highest BCUT2D eigenvalue weighted by Gasteiger charge is 2.10. The first kappa shape index (κ1) is 15.0. The van der Waals surface area contributed by atoms with Crippen LogP contribution >= 0.6 is 11.3 Å². The van der Waals surface area contributed by atoms with Crippen molar-refractivity contribution in [2.75, 3.05) is 6.54 Å². The van der Waals surface area contributed by atoms with Gasteiger partial charge in [-0.3, -0.25) is 9.59 Å². The fourth-order valence-electron chi connectivity index (χ4n) is 1.77. The van der Waals surface area contributed by atoms with E-state index >= 15 is 0 Å². The molecule has 0 saturated carbocycles. The van der Waals surface area contributed by atoms with Gasteiger partial charge in [0.25, 0.3) is 5.91 Å². The first-order valence-corrected chi connectivity index (χ1v) is 7.22. The Labute approximate surface area is 126 Å². The molecule has 0 radical (unpaired) electrons. The SMILES string of the molecule is Cc1ccc(C#CCN)c(C(=O)NCc2csc(=O)[nH]2)c1. The van der Waals surface area contributed by atoms with Gasteiger partial charge in [0.1, 0.15) is 0 Å². The van der Waals surface area contributed by atoms with E-state index in [2.05, 4.69) is 22.1 Å². The van der Waals surface area contributed by atoms with E-state index in [1.165, 1.54) is 0 Å². The van der Waals surface area contributed by atoms with Crippen LogP contribution in [0.4, 0.5) is 0 Å². The van der Waals surface area contributed by atoms with Gasteiger partial charge in [0.2, 0.25) is 0 Å². The normalized spacial score (nSPS) is 9.81. The summed E-state index contributed by atoms with van der Waals surface area (Å²) >= 11 is 1.07. The number of thiazole rings is 1. The highest BCUT2D eigenvalue weighted by molar-refractivity contribution is 7.07. The number of carbonyl (C=O) groups excluding carboxylic acids is 1. The highest BCUT2D eigenvalue weighted by Crippen LogP contribution is 2.11. The average molecular weight is 301 g/mol. The molecule has 108 valence electrons. The molecule has 0 atom stereocenters. The first-order valence-electron chi connectivity index (χ1n) is 6.34. The lowest BCUT2D eigenvalue weighted by Crippen LogP contribution is -2.24. The second-order valence-electron chi connectivity index (χ2n) is 4.41. The first-order chi connectivity index (χ1) is 10.1. The van der Waals surface area contributed by atoms with Crippen LogP contribution in [-0.2, 0) is 6.54 Å². The summed E-state index contributed by atoms with van der Waals surface area (Å²) in [6, 6.07) is 5.49. The number of benzene rings is 1. The number of hydrogen-bond acceptors (Lipinski definition) is 4. The molecule has 6 heteroatoms. The molecule has 0 saturated heterocycles. The fraction of sp³-hybridized carbons (Fsp3) is 0.200. The van der Waals surface area contributed by atoms with Crippen LogP contribution in [0.15, 0.2) is 28.4 Å². The number of aromatic nitrogens is 1. The zero-order valence-corrected chi connectivity index (χ0v) is 12.3. The van der Waals surface area contributed by atoms with Crippen molar-refractivity contribution in [1.29, 1.82) is 0 Å². The molecule has 21 heavy (non-hydrogen) atoms. The van der Waals surface area contributed by atoms with Crippen LogP contribution in [0, 0.1) is 18.8 Å². The minimum Gasteiger partial charge on any atom is -0.346 e. The largest absolute Gasteiger partial charge is 0.346 e. The van der Waals surface area contributed by atoms with Gasteiger partial charge in [-0.05, 0) is 19.1 Å². The minimum atomic E-state index is -0.230. The summed E-state index contributed by atoms with van der Waals surface area (Å²) in [6.07, 6.45) is 0. The van der Waals surface area contributed by atoms with E-state index in [-0.39, 0.29) is 23.9 Å². The van der Waals surface area contributed by atoms with Crippen molar-refractivity contribution in [3.05, 3.63) is 55.6 Å². The van der Waals surface area contributed by atoms with Crippen LogP contribution in [-0.4, -0.2) is 17.4 Å². The number of nitrogens with one attached hydrogen (secondary N) is 2. The van der Waals surface area contributed by atoms with Crippen molar-refractivity contribution in [3.63, 3.8) is 0 Å². The highest BCUT2D eigenvalue weighted by atomic mass is 32.1. The topological polar surface area (TPSA) is 88.0 Å². The number of carbonyl (C=O) groups is 1. The Morgan fingerprint density at radius 2 is 2.29 bits per heavy atom. The summed E-state index contributed by atoms with van der Waals surface area (Å²) in [4.78, 5) is 25.8. The Balaban J connectivity index is 2.17. The molecule has 5 nitrogen and oxygen atoms in total. The maximum atomic E-state index is 12.3. The zero-order valence-electron chi connectivity index (χ0n) is 11.5. The summed E-state index contributed by atoms with van der Waals surface area (Å²) in [5.41, 5.74) is 8.17. The quantitative estimate of drug-likeness (QED) is 0.739. The average Bonchev–Trinajstić information content (AvgIpc) is 2.89. The van der Waals surface area contributed by atoms with Crippen molar-refractivity contribution in [2.24, 2.45) is 5.73 Å². The molecule has 0 fully saturated rings. The van der Waals surface area contributed by atoms with E-state index in [1.54, 1.807) is 17.5 Å². The summed E-state index contributed by atoms with van der Waals surface area (Å²) < 4.78 is 0. The van der Waals surface area contributed by atoms with Gasteiger partial charge in [-0.15, -0.1) is 0 Å². The lowest BCUT2D eigenvalue weighted by Gasteiger charge is -2.07. The van der Waals surface area contributed by atoms with Crippen molar-refractivity contribution in [2.45, 2.75) is 13.5 Å². The van der Waals surface area contributed by atoms with E-state index < -0.39 is 0 Å². The third-order valence-corrected chi connectivity index (χ3v) is 3.47. The Kier molecular flexibility index (Phi) is 4.93. The number of aryl methyl sites for hydroxylation is 1. The van der Waals surface area contributed by atoms with E-state index in [9.17, 15) is 9.59 Å². The van der Waals surface area contributed by atoms with Crippen LogP contribution in [0.2, 0.25) is 0 Å². The van der Waals surface area contributed by atoms with E-state index in [1.807, 2.05) is 13.0 Å². The van der Waals surface area contributed by atoms with E-state index in [4.69, 9.17) is 5.73 Å². The Morgan fingerprint density at radius 3 is 2.95 bits per heavy atom. The van der Waals surface area contributed by atoms with Crippen molar-refractivity contribution < 1.29 is 4.79 Å². The molecule has 1 heterocycles. The number of amides is 1. The molecule has 1 amide bonds. The monoisotopic (exact) mass is 301 g/mol. The van der Waals surface area contributed by atoms with Crippen LogP contribution < -0.4 is 15.9 Å². The number of hydrogen-bond donors (Lipinski definition) is 3. The maximum absolute atomic E-state index is 12.3. The van der Waals surface area contributed by atoms with Gasteiger partial charge >= 0.3 is 4.87 Å². The molecular weight excluding hydrogens is 286 g/mol. The lowest BCUT2D eigenvalue weighted by molar-refractivity contribution is 0.0950. The van der Waals surface area contributed by atoms with Gasteiger partial charge < -0.3 is 16.0 Å². The van der Waals surface area contributed by atoms with Crippen LogP contribution in [0.3, 0.4) is 0 Å². The molecule has 2 rings (SSSR count). The maximum Gasteiger partial charge on any atom is 0.304 e. The van der Waals surface area contributed by atoms with Gasteiger partial charge in [-0.25, -0.2) is 0 Å². The second kappa shape index (κ2) is 6.88. The zero-order chi connectivity index (χ0) is 15.2. The molecule has 0 unspecified atom stereocenters. The number of rotatable bonds is 3. The molecule has 0 bridgehead atoms. The Bertz CT molecular complexity index is 765. The van der Waals surface area contributed by atoms with Gasteiger partial charge in [-0.1, -0.05) is 34.8 Å². The van der Waals surface area contributed by atoms with Crippen LogP contribution in [0.1, 0.15) is 27.2 Å². The third-order valence-electron chi connectivity index (χ3n) is 2.76. The summed E-state index contributed by atoms with van der Waals surface area (Å²) in [5, 5.41) is 4.46. The molecule has 0 aliphatic carbocycles. The summed E-state index contributed by atoms with van der Waals surface area (Å²) in [7, 11) is 0. The van der Waals surface area contributed by atoms with Gasteiger partial charge in [0.05, 0.1) is 18.7 Å². The van der Waals surface area contributed by atoms with Gasteiger partial charge in [0, 0.05) is 16.6 Å². The predicted octanol–water partition coefficient (Wildman–Crippen LogP) is 0.985. The molecule has 4 N–H and O–H groups in total. The minimum absolute atomic E-state index is 0.135. The van der Waals surface area contributed by atoms with Crippen molar-refractivity contribution >= 4 is 17.2 Å². The number of H-pyrrole nitrogens is 1. The molecule has 0 aliphatic rings. The van der Waals surface area contributed by atoms with Gasteiger partial charge in [-0.2, -0.15) is 0 Å². The second-order valence-corrected chi connectivity index (χ2v) is 5.25. The van der Waals surface area contributed by atoms with Gasteiger partial charge in [0.15, 0.2) is 0 Å². The molecule has 1 aromatic heterocycles. The Hall–Kier alpha value is -2.36. The van der Waals surface area contributed by atoms with E-state index in [0.29, 0.717) is 16.8 Å². The number of aromatic amines is 1. The standard InChI is InChI=1S/C15H15N3O2S/c1-10-4-5-11(3-2-6-16)13(7-10)14(19)17-8-12-9-21-15(20)18-12/h4-5,7,9H,6,8,16H2,1H3,(H,17,19)(H,18,20). The molecule has 0 spiro atoms. The molecule has 1 aromatic carbocycles. The molecule has 2 aromatic rings. The summed E-state index contributed by atoms with van der Waals surface area (Å²) in [5.74, 6) is 5.41. The lowest BCUT2D eigenvalue weighted by atomic mass is 10.0. The van der Waals surface area contributed by atoms with E-state index in [0.717, 1.165) is 16.9 Å². The van der Waals surface area contributed by atoms with Crippen molar-refractivity contribution in [3.8, 4) is 11.8 Å². The third kappa shape index (κ3) is 4.05. The molecule has 0 aliphatic heterocycles. The molecular formula is C15H15N3O2S. The van der Waals surface area contributed by atoms with Crippen LogP contribution in [0.5, 0.6) is 0 Å². The predicted molar refractivity (Wildman–Crippen MR) is 83.2 cm³/mol. The fourth-order valence-corrected chi connectivity index (χ4v) is 2.35. The van der Waals surface area contributed by atoms with Crippen molar-refractivity contribution in [1.82, 2.24) is 10.3 Å². The number of nitrogens with two attached hydrogens (primary N) is 1. The van der Waals surface area contributed by atoms with Crippen LogP contribution in [0.25, 0.3) is 0 Å². The Morgan fingerprint density at radius 1 is 1.48 bits per heavy atom. The summed E-state index contributed by atoms with van der Waals surface area (Å²) in [6.45, 7) is 2.42. The smallest absolute Gasteiger partial charge is 0.304 e.